The molecule has 9 heteroatoms. The predicted molar refractivity (Wildman–Crippen MR) is 138 cm³/mol. The standard InChI is InChI=1S/C27H27F2N5OS/c1-16-5-4-10-34(15-16)24(35)27-13-23(27)26(2,33-25(30)36-27)19-11-17(6-8-20(19)28)12-21(29)22-9-7-18(31-3)14-32-22/h6-9,11-12,14,16,23H,4-5,10,13,15H2,1-2H3,(H2,30,33)/b21-12-/t16?,23-,26+,27-/m0/s1. The molecule has 1 aliphatic carbocycles. The van der Waals surface area contributed by atoms with Crippen LogP contribution in [0, 0.1) is 24.2 Å². The van der Waals surface area contributed by atoms with Crippen molar-refractivity contribution < 1.29 is 13.6 Å². The Morgan fingerprint density at radius 3 is 2.86 bits per heavy atom. The van der Waals surface area contributed by atoms with Crippen LogP contribution in [0.4, 0.5) is 14.5 Å². The Morgan fingerprint density at radius 1 is 1.36 bits per heavy atom. The second kappa shape index (κ2) is 9.00. The van der Waals surface area contributed by atoms with Gasteiger partial charge in [0.25, 0.3) is 0 Å². The molecule has 1 saturated heterocycles. The van der Waals surface area contributed by atoms with Crippen LogP contribution in [0.15, 0.2) is 41.5 Å². The zero-order valence-electron chi connectivity index (χ0n) is 20.2. The third-order valence-electron chi connectivity index (χ3n) is 7.47. The Balaban J connectivity index is 1.46. The van der Waals surface area contributed by atoms with E-state index < -0.39 is 21.9 Å². The van der Waals surface area contributed by atoms with Crippen molar-refractivity contribution in [2.75, 3.05) is 13.1 Å². The zero-order valence-corrected chi connectivity index (χ0v) is 21.0. The van der Waals surface area contributed by atoms with Gasteiger partial charge in [-0.05, 0) is 61.9 Å². The van der Waals surface area contributed by atoms with Gasteiger partial charge in [-0.3, -0.25) is 14.8 Å². The van der Waals surface area contributed by atoms with Crippen LogP contribution in [-0.2, 0) is 10.3 Å². The van der Waals surface area contributed by atoms with Gasteiger partial charge in [0.1, 0.15) is 16.4 Å². The van der Waals surface area contributed by atoms with Gasteiger partial charge in [0.2, 0.25) is 11.6 Å². The molecule has 1 aromatic carbocycles. The van der Waals surface area contributed by atoms with Gasteiger partial charge in [0.05, 0.1) is 17.8 Å². The molecule has 4 atom stereocenters. The zero-order chi connectivity index (χ0) is 25.7. The maximum absolute atomic E-state index is 15.2. The highest BCUT2D eigenvalue weighted by Gasteiger charge is 2.71. The molecule has 186 valence electrons. The van der Waals surface area contributed by atoms with E-state index in [1.807, 2.05) is 11.8 Å². The second-order valence-corrected chi connectivity index (χ2v) is 11.4. The molecule has 2 N–H and O–H groups in total. The third-order valence-corrected chi connectivity index (χ3v) is 8.77. The molecule has 2 fully saturated rings. The van der Waals surface area contributed by atoms with E-state index in [0.29, 0.717) is 23.6 Å². The number of likely N-dealkylation sites (tertiary alicyclic amines) is 1. The molecule has 1 amide bonds. The van der Waals surface area contributed by atoms with Crippen molar-refractivity contribution in [1.29, 1.82) is 0 Å². The van der Waals surface area contributed by atoms with Gasteiger partial charge in [-0.1, -0.05) is 30.8 Å². The fraction of sp³-hybridized carbons (Fsp3) is 0.407. The van der Waals surface area contributed by atoms with Crippen molar-refractivity contribution in [1.82, 2.24) is 9.88 Å². The maximum Gasteiger partial charge on any atom is 0.239 e. The fourth-order valence-corrected chi connectivity index (χ4v) is 6.98. The lowest BCUT2D eigenvalue weighted by Crippen LogP contribution is -2.49. The van der Waals surface area contributed by atoms with Crippen LogP contribution in [0.3, 0.4) is 0 Å². The van der Waals surface area contributed by atoms with E-state index in [0.717, 1.165) is 25.9 Å². The number of thioether (sulfide) groups is 1. The molecule has 6 nitrogen and oxygen atoms in total. The number of hydrogen-bond donors (Lipinski definition) is 1. The molecular weight excluding hydrogens is 480 g/mol. The summed E-state index contributed by atoms with van der Waals surface area (Å²) >= 11 is 1.30. The first-order chi connectivity index (χ1) is 17.2. The summed E-state index contributed by atoms with van der Waals surface area (Å²) in [6.45, 7) is 12.4. The van der Waals surface area contributed by atoms with E-state index in [9.17, 15) is 9.18 Å². The van der Waals surface area contributed by atoms with Crippen LogP contribution >= 0.6 is 11.8 Å². The van der Waals surface area contributed by atoms with Gasteiger partial charge >= 0.3 is 0 Å². The summed E-state index contributed by atoms with van der Waals surface area (Å²) in [4.78, 5) is 27.5. The van der Waals surface area contributed by atoms with Gasteiger partial charge in [-0.25, -0.2) is 13.6 Å². The number of aliphatic imine (C=N–C) groups is 1. The number of pyridine rings is 1. The molecule has 3 heterocycles. The lowest BCUT2D eigenvalue weighted by Gasteiger charge is -2.38. The lowest BCUT2D eigenvalue weighted by molar-refractivity contribution is -0.133. The van der Waals surface area contributed by atoms with Crippen LogP contribution in [0.2, 0.25) is 0 Å². The number of hydrogen-bond acceptors (Lipinski definition) is 5. The molecule has 5 rings (SSSR count). The van der Waals surface area contributed by atoms with Crippen molar-refractivity contribution in [3.63, 3.8) is 0 Å². The lowest BCUT2D eigenvalue weighted by atomic mass is 9.84. The van der Waals surface area contributed by atoms with E-state index >= 15 is 4.39 Å². The molecule has 0 bridgehead atoms. The Morgan fingerprint density at radius 2 is 2.17 bits per heavy atom. The number of nitrogens with zero attached hydrogens (tertiary/aromatic N) is 4. The first-order valence-electron chi connectivity index (χ1n) is 12.0. The van der Waals surface area contributed by atoms with Crippen LogP contribution in [0.25, 0.3) is 16.7 Å². The molecule has 1 unspecified atom stereocenters. The Hall–Kier alpha value is -3.25. The number of rotatable bonds is 4. The van der Waals surface area contributed by atoms with Gasteiger partial charge in [-0.15, -0.1) is 0 Å². The number of benzene rings is 1. The van der Waals surface area contributed by atoms with Crippen molar-refractivity contribution in [3.8, 4) is 0 Å². The summed E-state index contributed by atoms with van der Waals surface area (Å²) in [5, 5.41) is 0.264. The van der Waals surface area contributed by atoms with Crippen molar-refractivity contribution in [3.05, 3.63) is 70.6 Å². The number of amidine groups is 1. The normalized spacial score (nSPS) is 29.7. The highest BCUT2D eigenvalue weighted by Crippen LogP contribution is 2.66. The summed E-state index contributed by atoms with van der Waals surface area (Å²) < 4.78 is 29.4. The predicted octanol–water partition coefficient (Wildman–Crippen LogP) is 5.53. The Bertz CT molecular complexity index is 1320. The minimum absolute atomic E-state index is 0.0598. The summed E-state index contributed by atoms with van der Waals surface area (Å²) in [7, 11) is 0. The van der Waals surface area contributed by atoms with Crippen LogP contribution in [-0.4, -0.2) is 38.8 Å². The summed E-state index contributed by atoms with van der Waals surface area (Å²) in [6.07, 6.45) is 5.22. The number of nitrogens with two attached hydrogens (primary N) is 1. The number of carbonyl (C=O) groups excluding carboxylic acids is 1. The summed E-state index contributed by atoms with van der Waals surface area (Å²) in [5.41, 5.74) is 6.31. The number of fused-ring (bicyclic) bond motifs is 1. The quantitative estimate of drug-likeness (QED) is 0.552. The second-order valence-electron chi connectivity index (χ2n) is 10.1. The first-order valence-corrected chi connectivity index (χ1v) is 12.8. The molecule has 2 aromatic rings. The number of carbonyl (C=O) groups is 1. The number of halogens is 2. The Kier molecular flexibility index (Phi) is 6.11. The number of aromatic nitrogens is 1. The average molecular weight is 508 g/mol. The van der Waals surface area contributed by atoms with E-state index in [4.69, 9.17) is 12.3 Å². The van der Waals surface area contributed by atoms with Crippen LogP contribution in [0.5, 0.6) is 0 Å². The summed E-state index contributed by atoms with van der Waals surface area (Å²) in [5.74, 6) is -0.785. The monoisotopic (exact) mass is 507 g/mol. The van der Waals surface area contributed by atoms with Gasteiger partial charge in [0.15, 0.2) is 5.17 Å². The maximum atomic E-state index is 15.2. The van der Waals surface area contributed by atoms with Gasteiger partial charge in [0, 0.05) is 30.8 Å². The smallest absolute Gasteiger partial charge is 0.239 e. The topological polar surface area (TPSA) is 75.9 Å². The van der Waals surface area contributed by atoms with E-state index in [1.54, 1.807) is 6.07 Å². The van der Waals surface area contributed by atoms with Crippen LogP contribution < -0.4 is 5.73 Å². The van der Waals surface area contributed by atoms with E-state index in [2.05, 4.69) is 21.7 Å². The minimum atomic E-state index is -1.05. The van der Waals surface area contributed by atoms with E-state index in [1.165, 1.54) is 48.3 Å². The van der Waals surface area contributed by atoms with Gasteiger partial charge < -0.3 is 10.6 Å². The molecule has 36 heavy (non-hydrogen) atoms. The molecule has 1 aromatic heterocycles. The Labute approximate surface area is 213 Å². The largest absolute Gasteiger partial charge is 0.378 e. The third kappa shape index (κ3) is 4.17. The molecule has 3 aliphatic rings. The van der Waals surface area contributed by atoms with Crippen molar-refractivity contribution in [2.24, 2.45) is 22.6 Å². The SMILES string of the molecule is [C-]#[N+]c1ccc(/C(F)=C/c2ccc(F)c([C@@]3(C)N=C(N)S[C@@]4(C(=O)N5CCCC(C)C5)C[C@H]43)c2)nc1. The molecule has 0 radical (unpaired) electrons. The highest BCUT2D eigenvalue weighted by molar-refractivity contribution is 8.15. The average Bonchev–Trinajstić information content (AvgIpc) is 3.61. The number of amides is 1. The fourth-order valence-electron chi connectivity index (χ4n) is 5.53. The van der Waals surface area contributed by atoms with Crippen molar-refractivity contribution >= 4 is 40.4 Å². The molecule has 1 saturated carbocycles. The first kappa shape index (κ1) is 24.4. The molecule has 0 spiro atoms. The molecular formula is C27H27F2N5OS. The summed E-state index contributed by atoms with van der Waals surface area (Å²) in [6, 6.07) is 7.27. The minimum Gasteiger partial charge on any atom is -0.378 e. The van der Waals surface area contributed by atoms with Gasteiger partial charge in [-0.2, -0.15) is 0 Å². The highest BCUT2D eigenvalue weighted by atomic mass is 32.2. The number of piperidine rings is 1. The van der Waals surface area contributed by atoms with Crippen molar-refractivity contribution in [2.45, 2.75) is 43.4 Å². The molecule has 2 aliphatic heterocycles. The van der Waals surface area contributed by atoms with Crippen LogP contribution in [0.1, 0.15) is 49.9 Å². The van der Waals surface area contributed by atoms with E-state index in [-0.39, 0.29) is 28.3 Å².